The third kappa shape index (κ3) is 5.13. The Bertz CT molecular complexity index is 1180. The lowest BCUT2D eigenvalue weighted by Gasteiger charge is -2.29. The van der Waals surface area contributed by atoms with Gasteiger partial charge >= 0.3 is 6.09 Å². The Balaban J connectivity index is 1.43. The summed E-state index contributed by atoms with van der Waals surface area (Å²) in [5.41, 5.74) is 3.41. The average molecular weight is 480 g/mol. The van der Waals surface area contributed by atoms with Gasteiger partial charge < -0.3 is 14.4 Å². The van der Waals surface area contributed by atoms with Gasteiger partial charge in [-0.15, -0.1) is 0 Å². The Morgan fingerprint density at radius 1 is 1.14 bits per heavy atom. The van der Waals surface area contributed by atoms with Gasteiger partial charge in [0.2, 0.25) is 11.8 Å². The Morgan fingerprint density at radius 3 is 2.49 bits per heavy atom. The van der Waals surface area contributed by atoms with E-state index < -0.39 is 18.0 Å². The molecule has 0 spiro atoms. The summed E-state index contributed by atoms with van der Waals surface area (Å²) in [5, 5.41) is 4.99. The molecule has 9 nitrogen and oxygen atoms in total. The van der Waals surface area contributed by atoms with Gasteiger partial charge in [0.15, 0.2) is 0 Å². The van der Waals surface area contributed by atoms with Crippen LogP contribution in [0.5, 0.6) is 5.75 Å². The van der Waals surface area contributed by atoms with Gasteiger partial charge in [-0.1, -0.05) is 32.9 Å². The van der Waals surface area contributed by atoms with Crippen molar-refractivity contribution in [2.24, 2.45) is 0 Å². The smallest absolute Gasteiger partial charge is 0.411 e. The highest BCUT2D eigenvalue weighted by atomic mass is 16.5. The molecule has 184 valence electrons. The molecule has 0 radical (unpaired) electrons. The molecule has 4 amide bonds. The van der Waals surface area contributed by atoms with Gasteiger partial charge in [0.1, 0.15) is 18.4 Å². The quantitative estimate of drug-likeness (QED) is 0.635. The topological polar surface area (TPSA) is 114 Å². The van der Waals surface area contributed by atoms with Crippen molar-refractivity contribution in [3.63, 3.8) is 0 Å². The molecule has 0 saturated carbocycles. The van der Waals surface area contributed by atoms with Crippen molar-refractivity contribution in [1.29, 1.82) is 0 Å². The number of imide groups is 1. The van der Waals surface area contributed by atoms with Gasteiger partial charge in [-0.2, -0.15) is 0 Å². The van der Waals surface area contributed by atoms with E-state index in [1.165, 1.54) is 12.0 Å². The third-order valence-corrected chi connectivity index (χ3v) is 6.26. The fourth-order valence-corrected chi connectivity index (χ4v) is 4.31. The highest BCUT2D eigenvalue weighted by molar-refractivity contribution is 6.05. The Labute approximate surface area is 203 Å². The first-order valence-electron chi connectivity index (χ1n) is 11.5. The maximum Gasteiger partial charge on any atom is 0.411 e. The molecule has 2 heterocycles. The van der Waals surface area contributed by atoms with Crippen LogP contribution in [0, 0.1) is 0 Å². The van der Waals surface area contributed by atoms with Gasteiger partial charge in [-0.25, -0.2) is 4.79 Å². The second-order valence-corrected chi connectivity index (χ2v) is 9.75. The predicted octanol–water partition coefficient (Wildman–Crippen LogP) is 3.50. The zero-order valence-corrected chi connectivity index (χ0v) is 20.3. The minimum absolute atomic E-state index is 0.0108. The van der Waals surface area contributed by atoms with Gasteiger partial charge in [-0.05, 0) is 47.2 Å². The number of carbonyl (C=O) groups is 4. The number of fused-ring (bicyclic) bond motifs is 1. The maximum absolute atomic E-state index is 13.1. The molecule has 0 aliphatic carbocycles. The molecule has 1 unspecified atom stereocenters. The molecule has 0 bridgehead atoms. The van der Waals surface area contributed by atoms with Crippen LogP contribution < -0.4 is 15.4 Å². The minimum Gasteiger partial charge on any atom is -0.496 e. The summed E-state index contributed by atoms with van der Waals surface area (Å²) in [4.78, 5) is 50.6. The summed E-state index contributed by atoms with van der Waals surface area (Å²) >= 11 is 0. The summed E-state index contributed by atoms with van der Waals surface area (Å²) < 4.78 is 10.8. The van der Waals surface area contributed by atoms with E-state index in [0.717, 1.165) is 5.56 Å². The lowest BCUT2D eigenvalue weighted by molar-refractivity contribution is -0.136. The molecule has 2 aliphatic heterocycles. The molecule has 1 atom stereocenters. The Kier molecular flexibility index (Phi) is 6.51. The monoisotopic (exact) mass is 479 g/mol. The van der Waals surface area contributed by atoms with E-state index in [2.05, 4.69) is 31.4 Å². The van der Waals surface area contributed by atoms with E-state index in [1.807, 2.05) is 24.3 Å². The summed E-state index contributed by atoms with van der Waals surface area (Å²) in [6.07, 6.45) is -0.162. The number of piperidine rings is 1. The van der Waals surface area contributed by atoms with Crippen molar-refractivity contribution in [3.05, 3.63) is 58.7 Å². The zero-order chi connectivity index (χ0) is 25.3. The lowest BCUT2D eigenvalue weighted by atomic mass is 9.87. The number of amides is 4. The number of nitrogens with one attached hydrogen (secondary N) is 2. The Hall–Kier alpha value is -3.88. The molecule has 2 N–H and O–H groups in total. The predicted molar refractivity (Wildman–Crippen MR) is 128 cm³/mol. The number of rotatable bonds is 5. The van der Waals surface area contributed by atoms with Crippen molar-refractivity contribution in [1.82, 2.24) is 10.2 Å². The van der Waals surface area contributed by atoms with Crippen molar-refractivity contribution in [3.8, 4) is 5.75 Å². The summed E-state index contributed by atoms with van der Waals surface area (Å²) in [6.45, 7) is 6.48. The van der Waals surface area contributed by atoms with E-state index in [4.69, 9.17) is 9.47 Å². The average Bonchev–Trinajstić information content (AvgIpc) is 3.13. The normalized spacial score (nSPS) is 17.7. The third-order valence-electron chi connectivity index (χ3n) is 6.26. The lowest BCUT2D eigenvalue weighted by Crippen LogP contribution is -2.52. The van der Waals surface area contributed by atoms with Crippen LogP contribution in [0.3, 0.4) is 0 Å². The number of carbonyl (C=O) groups excluding carboxylic acids is 4. The van der Waals surface area contributed by atoms with Crippen molar-refractivity contribution in [2.45, 2.75) is 58.2 Å². The molecule has 9 heteroatoms. The highest BCUT2D eigenvalue weighted by Gasteiger charge is 2.40. The first kappa shape index (κ1) is 24.3. The minimum atomic E-state index is -0.715. The molecule has 2 aromatic carbocycles. The van der Waals surface area contributed by atoms with E-state index in [1.54, 1.807) is 12.1 Å². The number of nitrogens with zero attached hydrogens (tertiary/aromatic N) is 1. The van der Waals surface area contributed by atoms with Crippen molar-refractivity contribution in [2.75, 3.05) is 12.4 Å². The van der Waals surface area contributed by atoms with Crippen LogP contribution in [0.15, 0.2) is 36.4 Å². The number of anilines is 1. The number of hydrogen-bond donors (Lipinski definition) is 2. The van der Waals surface area contributed by atoms with Gasteiger partial charge in [0.25, 0.3) is 5.91 Å². The SMILES string of the molecule is COc1cc(COC(=O)Nc2ccc(C(C)(C)C)cc2)cc2c1CN(C1CCC(=O)NC1=O)C2=O. The van der Waals surface area contributed by atoms with Gasteiger partial charge in [-0.3, -0.25) is 25.0 Å². The first-order valence-corrected chi connectivity index (χ1v) is 11.5. The highest BCUT2D eigenvalue weighted by Crippen LogP contribution is 2.35. The molecular formula is C26H29N3O6. The number of hydrogen-bond acceptors (Lipinski definition) is 6. The summed E-state index contributed by atoms with van der Waals surface area (Å²) in [6, 6.07) is 10.2. The van der Waals surface area contributed by atoms with Crippen LogP contribution in [-0.2, 0) is 32.9 Å². The molecule has 4 rings (SSSR count). The zero-order valence-electron chi connectivity index (χ0n) is 20.3. The van der Waals surface area contributed by atoms with Crippen molar-refractivity contribution >= 4 is 29.5 Å². The Morgan fingerprint density at radius 2 is 1.86 bits per heavy atom. The van der Waals surface area contributed by atoms with Crippen LogP contribution in [0.1, 0.15) is 60.7 Å². The number of benzene rings is 2. The van der Waals surface area contributed by atoms with Crippen LogP contribution >= 0.6 is 0 Å². The van der Waals surface area contributed by atoms with E-state index in [9.17, 15) is 19.2 Å². The number of methoxy groups -OCH3 is 1. The molecule has 2 aliphatic rings. The maximum atomic E-state index is 13.1. The van der Waals surface area contributed by atoms with E-state index >= 15 is 0 Å². The van der Waals surface area contributed by atoms with E-state index in [0.29, 0.717) is 28.1 Å². The molecule has 0 aromatic heterocycles. The van der Waals surface area contributed by atoms with Crippen LogP contribution in [0.2, 0.25) is 0 Å². The second kappa shape index (κ2) is 9.40. The largest absolute Gasteiger partial charge is 0.496 e. The molecule has 2 aromatic rings. The molecule has 1 saturated heterocycles. The fraction of sp³-hybridized carbons (Fsp3) is 0.385. The summed E-state index contributed by atoms with van der Waals surface area (Å²) in [7, 11) is 1.49. The van der Waals surface area contributed by atoms with Gasteiger partial charge in [0.05, 0.1) is 13.7 Å². The molecular weight excluding hydrogens is 450 g/mol. The van der Waals surface area contributed by atoms with E-state index in [-0.39, 0.29) is 43.2 Å². The molecule has 35 heavy (non-hydrogen) atoms. The second-order valence-electron chi connectivity index (χ2n) is 9.75. The molecule has 1 fully saturated rings. The van der Waals surface area contributed by atoms with Crippen LogP contribution in [-0.4, -0.2) is 41.9 Å². The first-order chi connectivity index (χ1) is 16.6. The van der Waals surface area contributed by atoms with Crippen molar-refractivity contribution < 1.29 is 28.7 Å². The van der Waals surface area contributed by atoms with Gasteiger partial charge in [0, 0.05) is 23.2 Å². The number of ether oxygens (including phenoxy) is 2. The fourth-order valence-electron chi connectivity index (χ4n) is 4.31. The van der Waals surface area contributed by atoms with Crippen LogP contribution in [0.25, 0.3) is 0 Å². The standard InChI is InChI=1S/C26H29N3O6/c1-26(2,3)16-5-7-17(8-6-16)27-25(33)35-14-15-11-18-19(21(12-15)34-4)13-29(24(18)32)20-9-10-22(30)28-23(20)31/h5-8,11-12,20H,9-10,13-14H2,1-4H3,(H,27,33)(H,28,30,31). The summed E-state index contributed by atoms with van der Waals surface area (Å²) in [5.74, 6) is -0.659. The van der Waals surface area contributed by atoms with Crippen LogP contribution in [0.4, 0.5) is 10.5 Å².